The maximum atomic E-state index is 9.11. The first-order valence-corrected chi connectivity index (χ1v) is 9.88. The van der Waals surface area contributed by atoms with Gasteiger partial charge in [-0.05, 0) is 60.5 Å². The number of fused-ring (bicyclic) bond motifs is 3. The zero-order valence-electron chi connectivity index (χ0n) is 16.6. The first-order chi connectivity index (χ1) is 13.6. The van der Waals surface area contributed by atoms with Gasteiger partial charge in [-0.3, -0.25) is 4.98 Å². The lowest BCUT2D eigenvalue weighted by molar-refractivity contribution is 0.316. The number of hydrogen-bond acceptors (Lipinski definition) is 3. The Bertz CT molecular complexity index is 1140. The molecule has 1 aliphatic carbocycles. The van der Waals surface area contributed by atoms with E-state index < -0.39 is 5.89 Å². The molecule has 3 aromatic heterocycles. The van der Waals surface area contributed by atoms with Gasteiger partial charge >= 0.3 is 0 Å². The van der Waals surface area contributed by atoms with Crippen LogP contribution in [0.4, 0.5) is 0 Å². The fraction of sp³-hybridized carbons (Fsp3) is 0.333. The van der Waals surface area contributed by atoms with Crippen molar-refractivity contribution >= 4 is 22.1 Å². The van der Waals surface area contributed by atoms with Crippen molar-refractivity contribution < 1.29 is 5.79 Å². The van der Waals surface area contributed by atoms with Crippen molar-refractivity contribution in [2.45, 2.75) is 44.9 Å². The quantitative estimate of drug-likeness (QED) is 0.408. The third-order valence-electron chi connectivity index (χ3n) is 5.98. The Kier molecular flexibility index (Phi) is 3.88. The summed E-state index contributed by atoms with van der Waals surface area (Å²) in [5, 5.41) is 2.07. The summed E-state index contributed by atoms with van der Waals surface area (Å²) in [4.78, 5) is 8.98. The van der Waals surface area contributed by atoms with Crippen LogP contribution in [0.2, 0.25) is 0 Å². The van der Waals surface area contributed by atoms with E-state index >= 15 is 0 Å². The van der Waals surface area contributed by atoms with Crippen LogP contribution in [0, 0.1) is 5.92 Å². The second kappa shape index (κ2) is 6.80. The Balaban J connectivity index is 1.62. The van der Waals surface area contributed by atoms with Crippen LogP contribution in [0.1, 0.15) is 51.9 Å². The molecule has 0 N–H and O–H groups in total. The molecular weight excluding hydrogens is 332 g/mol. The highest BCUT2D eigenvalue weighted by Crippen LogP contribution is 2.38. The van der Waals surface area contributed by atoms with Gasteiger partial charge in [0.05, 0.1) is 5.69 Å². The van der Waals surface area contributed by atoms with E-state index in [4.69, 9.17) is 5.79 Å². The zero-order chi connectivity index (χ0) is 19.1. The van der Waals surface area contributed by atoms with Crippen LogP contribution in [0.25, 0.3) is 33.3 Å². The molecule has 0 bridgehead atoms. The van der Waals surface area contributed by atoms with Crippen molar-refractivity contribution in [2.24, 2.45) is 5.92 Å². The lowest BCUT2D eigenvalue weighted by Crippen LogP contribution is -2.14. The van der Waals surface area contributed by atoms with E-state index in [1.165, 1.54) is 19.3 Å². The highest BCUT2D eigenvalue weighted by atomic mass is 16.3. The van der Waals surface area contributed by atoms with Crippen LogP contribution in [0.5, 0.6) is 0 Å². The topological polar surface area (TPSA) is 38.9 Å². The molecule has 3 heteroatoms. The summed E-state index contributed by atoms with van der Waals surface area (Å²) in [6.45, 7) is 2.06. The molecule has 5 rings (SSSR count). The summed E-state index contributed by atoms with van der Waals surface area (Å²) in [5.41, 5.74) is 4.31. The van der Waals surface area contributed by atoms with E-state index in [0.29, 0.717) is 11.6 Å². The molecule has 0 spiro atoms. The molecule has 1 saturated carbocycles. The van der Waals surface area contributed by atoms with Gasteiger partial charge in [-0.1, -0.05) is 38.3 Å². The van der Waals surface area contributed by atoms with E-state index in [1.807, 2.05) is 36.5 Å². The predicted octanol–water partition coefficient (Wildman–Crippen LogP) is 6.73. The summed E-state index contributed by atoms with van der Waals surface area (Å²) in [6, 6.07) is 14.2. The standard InChI is InChI=1S/C24H24N2O/c1-16(17-7-3-2-4-8-17)18-12-14-25-22(15-18)21-10-5-9-19-20-11-6-13-26-24(20)27-23(19)21/h5-6,9-17H,2-4,7-8H2,1H3/i16D. The third kappa shape index (κ3) is 2.91. The monoisotopic (exact) mass is 357 g/mol. The SMILES string of the molecule is [2H]C(C)(c1ccnc(-c2cccc3c2oc2ncccc23)c1)C1CCCCC1. The Labute approximate surface area is 160 Å². The summed E-state index contributed by atoms with van der Waals surface area (Å²) < 4.78 is 15.2. The predicted molar refractivity (Wildman–Crippen MR) is 110 cm³/mol. The maximum Gasteiger partial charge on any atom is 0.227 e. The first kappa shape index (κ1) is 15.4. The minimum atomic E-state index is -0.596. The fourth-order valence-electron chi connectivity index (χ4n) is 4.43. The number of para-hydroxylation sites is 1. The number of aromatic nitrogens is 2. The molecule has 3 nitrogen and oxygen atoms in total. The van der Waals surface area contributed by atoms with Gasteiger partial charge in [-0.15, -0.1) is 0 Å². The average molecular weight is 357 g/mol. The van der Waals surface area contributed by atoms with Crippen molar-refractivity contribution in [2.75, 3.05) is 0 Å². The fourth-order valence-corrected chi connectivity index (χ4v) is 4.43. The van der Waals surface area contributed by atoms with Gasteiger partial charge in [0.2, 0.25) is 5.71 Å². The molecule has 136 valence electrons. The van der Waals surface area contributed by atoms with E-state index in [1.54, 1.807) is 6.20 Å². The van der Waals surface area contributed by atoms with Crippen molar-refractivity contribution in [3.05, 3.63) is 60.4 Å². The van der Waals surface area contributed by atoms with Crippen LogP contribution < -0.4 is 0 Å². The largest absolute Gasteiger partial charge is 0.437 e. The second-order valence-corrected chi connectivity index (χ2v) is 7.59. The Morgan fingerprint density at radius 3 is 2.74 bits per heavy atom. The van der Waals surface area contributed by atoms with E-state index in [9.17, 15) is 0 Å². The van der Waals surface area contributed by atoms with E-state index in [0.717, 1.165) is 46.0 Å². The molecule has 1 fully saturated rings. The first-order valence-electron chi connectivity index (χ1n) is 10.4. The van der Waals surface area contributed by atoms with Gasteiger partial charge in [0, 0.05) is 30.1 Å². The molecule has 1 aromatic carbocycles. The Hall–Kier alpha value is -2.68. The van der Waals surface area contributed by atoms with E-state index in [2.05, 4.69) is 29.0 Å². The number of hydrogen-bond donors (Lipinski definition) is 0. The molecule has 0 aliphatic heterocycles. The molecule has 1 atom stereocenters. The van der Waals surface area contributed by atoms with Crippen LogP contribution in [-0.4, -0.2) is 9.97 Å². The molecule has 0 saturated heterocycles. The van der Waals surface area contributed by atoms with Crippen LogP contribution in [0.3, 0.4) is 0 Å². The summed E-state index contributed by atoms with van der Waals surface area (Å²) in [5.74, 6) is -0.191. The summed E-state index contributed by atoms with van der Waals surface area (Å²) in [6.07, 6.45) is 9.64. The summed E-state index contributed by atoms with van der Waals surface area (Å²) in [7, 11) is 0. The normalized spacial score (nSPS) is 18.5. The molecule has 4 aromatic rings. The smallest absolute Gasteiger partial charge is 0.227 e. The number of rotatable bonds is 3. The van der Waals surface area contributed by atoms with Crippen molar-refractivity contribution in [3.8, 4) is 11.3 Å². The molecule has 0 amide bonds. The van der Waals surface area contributed by atoms with Crippen molar-refractivity contribution in [3.63, 3.8) is 0 Å². The lowest BCUT2D eigenvalue weighted by atomic mass is 9.78. The number of nitrogens with zero attached hydrogens (tertiary/aromatic N) is 2. The molecule has 3 heterocycles. The van der Waals surface area contributed by atoms with Crippen LogP contribution in [0.15, 0.2) is 59.3 Å². The van der Waals surface area contributed by atoms with Crippen molar-refractivity contribution in [1.29, 1.82) is 0 Å². The number of furan rings is 1. The number of pyridine rings is 2. The van der Waals surface area contributed by atoms with Gasteiger partial charge in [0.25, 0.3) is 0 Å². The maximum absolute atomic E-state index is 9.11. The molecule has 1 unspecified atom stereocenters. The van der Waals surface area contributed by atoms with Crippen LogP contribution in [-0.2, 0) is 0 Å². The number of benzene rings is 1. The Morgan fingerprint density at radius 1 is 1.00 bits per heavy atom. The Morgan fingerprint density at radius 2 is 1.85 bits per heavy atom. The molecule has 27 heavy (non-hydrogen) atoms. The third-order valence-corrected chi connectivity index (χ3v) is 5.98. The highest BCUT2D eigenvalue weighted by molar-refractivity contribution is 6.08. The minimum absolute atomic E-state index is 0.405. The molecular formula is C24H24N2O. The van der Waals surface area contributed by atoms with Gasteiger partial charge in [-0.25, -0.2) is 4.98 Å². The van der Waals surface area contributed by atoms with Gasteiger partial charge in [0.1, 0.15) is 5.58 Å². The van der Waals surface area contributed by atoms with Crippen LogP contribution >= 0.6 is 0 Å². The zero-order valence-corrected chi connectivity index (χ0v) is 15.6. The van der Waals surface area contributed by atoms with E-state index in [-0.39, 0.29) is 0 Å². The van der Waals surface area contributed by atoms with Crippen molar-refractivity contribution in [1.82, 2.24) is 9.97 Å². The van der Waals surface area contributed by atoms with Gasteiger partial charge in [0.15, 0.2) is 0 Å². The minimum Gasteiger partial charge on any atom is -0.437 e. The second-order valence-electron chi connectivity index (χ2n) is 7.59. The van der Waals surface area contributed by atoms with Gasteiger partial charge < -0.3 is 4.42 Å². The highest BCUT2D eigenvalue weighted by Gasteiger charge is 2.22. The lowest BCUT2D eigenvalue weighted by Gasteiger charge is -2.28. The average Bonchev–Trinajstić information content (AvgIpc) is 3.13. The molecule has 1 aliphatic rings. The summed E-state index contributed by atoms with van der Waals surface area (Å²) >= 11 is 0. The molecule has 0 radical (unpaired) electrons. The van der Waals surface area contributed by atoms with Gasteiger partial charge in [-0.2, -0.15) is 0 Å².